The number of hydrogen-bond acceptors (Lipinski definition) is 3. The van der Waals surface area contributed by atoms with Gasteiger partial charge in [0.05, 0.1) is 5.56 Å². The normalized spacial score (nSPS) is 14.8. The van der Waals surface area contributed by atoms with Crippen molar-refractivity contribution in [3.63, 3.8) is 0 Å². The number of nitrogens with one attached hydrogen (secondary N) is 1. The Labute approximate surface area is 77.7 Å². The molecule has 2 rings (SSSR count). The third-order valence-corrected chi connectivity index (χ3v) is 1.81. The summed E-state index contributed by atoms with van der Waals surface area (Å²) >= 11 is 0. The molecular formula is C8H6F3N3. The van der Waals surface area contributed by atoms with E-state index in [-0.39, 0.29) is 0 Å². The van der Waals surface area contributed by atoms with Crippen LogP contribution in [0.4, 0.5) is 19.0 Å². The SMILES string of the molecule is FC(F)(F)c1cnc2c(c1)C=NCN2. The van der Waals surface area contributed by atoms with Crippen molar-refractivity contribution in [3.8, 4) is 0 Å². The first kappa shape index (κ1) is 8.98. The quantitative estimate of drug-likeness (QED) is 0.696. The molecule has 0 aromatic carbocycles. The second kappa shape index (κ2) is 2.97. The van der Waals surface area contributed by atoms with Gasteiger partial charge in [-0.1, -0.05) is 0 Å². The van der Waals surface area contributed by atoms with E-state index in [1.54, 1.807) is 0 Å². The molecule has 1 N–H and O–H groups in total. The summed E-state index contributed by atoms with van der Waals surface area (Å²) in [7, 11) is 0. The first-order chi connectivity index (χ1) is 6.57. The van der Waals surface area contributed by atoms with Crippen molar-refractivity contribution in [2.45, 2.75) is 6.18 Å². The van der Waals surface area contributed by atoms with Gasteiger partial charge in [0.25, 0.3) is 0 Å². The van der Waals surface area contributed by atoms with Crippen LogP contribution in [0.1, 0.15) is 11.1 Å². The number of halogens is 3. The molecule has 0 aliphatic carbocycles. The maximum Gasteiger partial charge on any atom is 0.417 e. The summed E-state index contributed by atoms with van der Waals surface area (Å²) in [4.78, 5) is 7.46. The van der Waals surface area contributed by atoms with Crippen molar-refractivity contribution >= 4 is 12.0 Å². The highest BCUT2D eigenvalue weighted by molar-refractivity contribution is 5.88. The number of aromatic nitrogens is 1. The number of hydrogen-bond donors (Lipinski definition) is 1. The van der Waals surface area contributed by atoms with Gasteiger partial charge in [0.15, 0.2) is 0 Å². The zero-order valence-corrected chi connectivity index (χ0v) is 6.97. The Balaban J connectivity index is 2.45. The molecule has 0 bridgehead atoms. The lowest BCUT2D eigenvalue weighted by Gasteiger charge is -2.13. The first-order valence-electron chi connectivity index (χ1n) is 3.88. The average Bonchev–Trinajstić information content (AvgIpc) is 2.16. The summed E-state index contributed by atoms with van der Waals surface area (Å²) in [5.74, 6) is 0.438. The van der Waals surface area contributed by atoms with Crippen LogP contribution < -0.4 is 5.32 Å². The van der Waals surface area contributed by atoms with Gasteiger partial charge < -0.3 is 5.32 Å². The Morgan fingerprint density at radius 3 is 2.86 bits per heavy atom. The van der Waals surface area contributed by atoms with E-state index in [4.69, 9.17) is 0 Å². The number of anilines is 1. The molecule has 1 aliphatic heterocycles. The number of fused-ring (bicyclic) bond motifs is 1. The van der Waals surface area contributed by atoms with Crippen LogP contribution in [-0.4, -0.2) is 17.9 Å². The summed E-state index contributed by atoms with van der Waals surface area (Å²) in [5, 5.41) is 2.76. The van der Waals surface area contributed by atoms with Crippen molar-refractivity contribution < 1.29 is 13.2 Å². The molecule has 3 nitrogen and oxygen atoms in total. The van der Waals surface area contributed by atoms with Crippen molar-refractivity contribution in [2.75, 3.05) is 12.0 Å². The van der Waals surface area contributed by atoms with Gasteiger partial charge >= 0.3 is 6.18 Å². The number of pyridine rings is 1. The molecule has 0 fully saturated rings. The maximum absolute atomic E-state index is 12.3. The second-order valence-electron chi connectivity index (χ2n) is 2.81. The predicted molar refractivity (Wildman–Crippen MR) is 45.3 cm³/mol. The monoisotopic (exact) mass is 201 g/mol. The van der Waals surface area contributed by atoms with Crippen molar-refractivity contribution in [1.82, 2.24) is 4.98 Å². The van der Waals surface area contributed by atoms with Crippen LogP contribution in [0.3, 0.4) is 0 Å². The molecule has 0 saturated heterocycles. The third kappa shape index (κ3) is 1.55. The van der Waals surface area contributed by atoms with E-state index >= 15 is 0 Å². The third-order valence-electron chi connectivity index (χ3n) is 1.81. The largest absolute Gasteiger partial charge is 0.417 e. The van der Waals surface area contributed by atoms with E-state index in [9.17, 15) is 13.2 Å². The van der Waals surface area contributed by atoms with Gasteiger partial charge in [-0.05, 0) is 6.07 Å². The van der Waals surface area contributed by atoms with Gasteiger partial charge in [-0.15, -0.1) is 0 Å². The average molecular weight is 201 g/mol. The van der Waals surface area contributed by atoms with E-state index in [1.165, 1.54) is 6.21 Å². The molecular weight excluding hydrogens is 195 g/mol. The Hall–Kier alpha value is -1.59. The first-order valence-corrected chi connectivity index (χ1v) is 3.88. The van der Waals surface area contributed by atoms with Crippen LogP contribution in [-0.2, 0) is 6.18 Å². The summed E-state index contributed by atoms with van der Waals surface area (Å²) in [6.45, 7) is 0.353. The van der Waals surface area contributed by atoms with E-state index < -0.39 is 11.7 Å². The summed E-state index contributed by atoms with van der Waals surface area (Å²) in [5.41, 5.74) is -0.391. The fourth-order valence-corrected chi connectivity index (χ4v) is 1.15. The van der Waals surface area contributed by atoms with Crippen molar-refractivity contribution in [2.24, 2.45) is 4.99 Å². The van der Waals surface area contributed by atoms with Crippen LogP contribution >= 0.6 is 0 Å². The van der Waals surface area contributed by atoms with Crippen LogP contribution in [0.5, 0.6) is 0 Å². The molecule has 1 aliphatic rings. The molecule has 0 spiro atoms. The fraction of sp³-hybridized carbons (Fsp3) is 0.250. The highest BCUT2D eigenvalue weighted by Crippen LogP contribution is 2.30. The van der Waals surface area contributed by atoms with Gasteiger partial charge in [0.1, 0.15) is 12.5 Å². The molecule has 2 heterocycles. The molecule has 74 valence electrons. The minimum absolute atomic E-state index is 0.353. The van der Waals surface area contributed by atoms with Gasteiger partial charge in [-0.3, -0.25) is 4.99 Å². The van der Waals surface area contributed by atoms with E-state index in [0.29, 0.717) is 18.1 Å². The minimum atomic E-state index is -4.35. The lowest BCUT2D eigenvalue weighted by molar-refractivity contribution is -0.137. The number of nitrogens with zero attached hydrogens (tertiary/aromatic N) is 2. The summed E-state index contributed by atoms with van der Waals surface area (Å²) in [6.07, 6.45) is -2.16. The topological polar surface area (TPSA) is 37.3 Å². The van der Waals surface area contributed by atoms with Gasteiger partial charge in [0.2, 0.25) is 0 Å². The maximum atomic E-state index is 12.3. The molecule has 0 radical (unpaired) electrons. The highest BCUT2D eigenvalue weighted by Gasteiger charge is 2.31. The minimum Gasteiger partial charge on any atom is -0.350 e. The Bertz CT molecular complexity index is 384. The zero-order valence-electron chi connectivity index (χ0n) is 6.97. The molecule has 0 saturated carbocycles. The van der Waals surface area contributed by atoms with E-state index in [1.807, 2.05) is 0 Å². The Morgan fingerprint density at radius 2 is 2.14 bits per heavy atom. The second-order valence-corrected chi connectivity index (χ2v) is 2.81. The van der Waals surface area contributed by atoms with Crippen LogP contribution in [0, 0.1) is 0 Å². The highest BCUT2D eigenvalue weighted by atomic mass is 19.4. The molecule has 0 unspecified atom stereocenters. The van der Waals surface area contributed by atoms with Crippen molar-refractivity contribution in [3.05, 3.63) is 23.4 Å². The zero-order chi connectivity index (χ0) is 10.2. The van der Waals surface area contributed by atoms with Crippen LogP contribution in [0.25, 0.3) is 0 Å². The molecule has 1 aromatic rings. The van der Waals surface area contributed by atoms with Gasteiger partial charge in [-0.25, -0.2) is 4.98 Å². The predicted octanol–water partition coefficient (Wildman–Crippen LogP) is 1.90. The van der Waals surface area contributed by atoms with Crippen molar-refractivity contribution in [1.29, 1.82) is 0 Å². The lowest BCUT2D eigenvalue weighted by Crippen LogP contribution is -2.13. The van der Waals surface area contributed by atoms with Crippen LogP contribution in [0.15, 0.2) is 17.3 Å². The van der Waals surface area contributed by atoms with E-state index in [2.05, 4.69) is 15.3 Å². The lowest BCUT2D eigenvalue weighted by atomic mass is 10.2. The molecule has 0 atom stereocenters. The Kier molecular flexibility index (Phi) is 1.90. The number of rotatable bonds is 0. The molecule has 14 heavy (non-hydrogen) atoms. The molecule has 6 heteroatoms. The van der Waals surface area contributed by atoms with Gasteiger partial charge in [0, 0.05) is 18.0 Å². The summed E-state index contributed by atoms with van der Waals surface area (Å²) in [6, 6.07) is 1.03. The smallest absolute Gasteiger partial charge is 0.350 e. The standard InChI is InChI=1S/C8H6F3N3/c9-8(10,11)6-1-5-2-12-4-14-7(5)13-3-6/h1-3H,4H2,(H,13,14). The fourth-order valence-electron chi connectivity index (χ4n) is 1.15. The van der Waals surface area contributed by atoms with Gasteiger partial charge in [-0.2, -0.15) is 13.2 Å². The molecule has 0 amide bonds. The molecule has 1 aromatic heterocycles. The van der Waals surface area contributed by atoms with E-state index in [0.717, 1.165) is 12.3 Å². The number of aliphatic imine (C=N–C) groups is 1. The van der Waals surface area contributed by atoms with Crippen LogP contribution in [0.2, 0.25) is 0 Å². The number of alkyl halides is 3. The Morgan fingerprint density at radius 1 is 1.36 bits per heavy atom. The summed E-state index contributed by atoms with van der Waals surface area (Å²) < 4.78 is 36.8.